The summed E-state index contributed by atoms with van der Waals surface area (Å²) in [6, 6.07) is 0.705. The lowest BCUT2D eigenvalue weighted by molar-refractivity contribution is -0.141. The van der Waals surface area contributed by atoms with Gasteiger partial charge in [-0.25, -0.2) is 14.6 Å². The maximum atomic E-state index is 13.3. The Bertz CT molecular complexity index is 1080. The van der Waals surface area contributed by atoms with E-state index in [1.165, 1.54) is 9.47 Å². The number of carbonyl (C=O) groups excluding carboxylic acids is 1. The maximum Gasteiger partial charge on any atom is 0.329 e. The van der Waals surface area contributed by atoms with Crippen LogP contribution in [0, 0.1) is 0 Å². The van der Waals surface area contributed by atoms with Crippen molar-refractivity contribution in [1.29, 1.82) is 0 Å². The number of carboxylic acid groups (broad SMARTS) is 1. The van der Waals surface area contributed by atoms with Gasteiger partial charge in [-0.1, -0.05) is 6.92 Å². The summed E-state index contributed by atoms with van der Waals surface area (Å²) in [7, 11) is 0. The predicted octanol–water partition coefficient (Wildman–Crippen LogP) is 1.06. The Morgan fingerprint density at radius 1 is 1.29 bits per heavy atom. The van der Waals surface area contributed by atoms with E-state index in [9.17, 15) is 24.3 Å². The minimum absolute atomic E-state index is 0.0542. The molecule has 28 heavy (non-hydrogen) atoms. The Hall–Kier alpha value is -2.97. The number of pyridine rings is 1. The summed E-state index contributed by atoms with van der Waals surface area (Å²) in [6.07, 6.45) is 3.52. The van der Waals surface area contributed by atoms with Crippen LogP contribution in [-0.4, -0.2) is 49.0 Å². The van der Waals surface area contributed by atoms with E-state index in [1.807, 2.05) is 6.92 Å². The third kappa shape index (κ3) is 3.00. The Labute approximate surface area is 160 Å². The van der Waals surface area contributed by atoms with Crippen LogP contribution in [0.25, 0.3) is 11.0 Å². The number of aromatic amines is 1. The number of amides is 1. The maximum absolute atomic E-state index is 13.3. The predicted molar refractivity (Wildman–Crippen MR) is 101 cm³/mol. The number of likely N-dealkylation sites (tertiary alicyclic amines) is 1. The molecule has 0 unspecified atom stereocenters. The van der Waals surface area contributed by atoms with Crippen molar-refractivity contribution in [3.8, 4) is 0 Å². The molecule has 9 nitrogen and oxygen atoms in total. The van der Waals surface area contributed by atoms with Crippen LogP contribution < -0.4 is 11.2 Å². The number of fused-ring (bicyclic) bond motifs is 1. The molecule has 9 heteroatoms. The van der Waals surface area contributed by atoms with E-state index in [2.05, 4.69) is 9.97 Å². The molecule has 1 saturated carbocycles. The third-order valence-corrected chi connectivity index (χ3v) is 5.44. The van der Waals surface area contributed by atoms with Gasteiger partial charge in [0.25, 0.3) is 11.5 Å². The molecule has 1 aliphatic carbocycles. The molecular formula is C19H22N4O5. The zero-order chi connectivity index (χ0) is 20.0. The Balaban J connectivity index is 1.95. The van der Waals surface area contributed by atoms with E-state index in [0.717, 1.165) is 12.8 Å². The first-order valence-electron chi connectivity index (χ1n) is 9.64. The highest BCUT2D eigenvalue weighted by Gasteiger charge is 2.36. The number of aryl methyl sites for hydroxylation is 1. The topological polar surface area (TPSA) is 125 Å². The fraction of sp³-hybridized carbons (Fsp3) is 0.526. The minimum Gasteiger partial charge on any atom is -0.480 e. The van der Waals surface area contributed by atoms with Crippen molar-refractivity contribution in [3.63, 3.8) is 0 Å². The van der Waals surface area contributed by atoms with Gasteiger partial charge in [-0.15, -0.1) is 0 Å². The summed E-state index contributed by atoms with van der Waals surface area (Å²) in [5.41, 5.74) is -0.211. The molecule has 0 radical (unpaired) electrons. The molecular weight excluding hydrogens is 364 g/mol. The van der Waals surface area contributed by atoms with Gasteiger partial charge in [0.2, 0.25) is 0 Å². The molecule has 0 aromatic carbocycles. The molecule has 1 amide bonds. The molecule has 2 aliphatic rings. The zero-order valence-corrected chi connectivity index (χ0v) is 15.6. The summed E-state index contributed by atoms with van der Waals surface area (Å²) >= 11 is 0. The second kappa shape index (κ2) is 6.88. The van der Waals surface area contributed by atoms with Crippen molar-refractivity contribution >= 4 is 22.9 Å². The van der Waals surface area contributed by atoms with E-state index in [4.69, 9.17) is 0 Å². The highest BCUT2D eigenvalue weighted by Crippen LogP contribution is 2.40. The SMILES string of the molecule is CCCn1c(=O)[nH]c(=O)c2c(C(=O)N3CCC[C@@H]3C(=O)O)cc(C3CC3)nc21. The number of nitrogens with one attached hydrogen (secondary N) is 1. The fourth-order valence-corrected chi connectivity index (χ4v) is 3.90. The number of aliphatic carboxylic acids is 1. The van der Waals surface area contributed by atoms with Crippen LogP contribution in [0.3, 0.4) is 0 Å². The van der Waals surface area contributed by atoms with Gasteiger partial charge in [-0.05, 0) is 38.2 Å². The van der Waals surface area contributed by atoms with Crippen molar-refractivity contribution in [1.82, 2.24) is 19.4 Å². The van der Waals surface area contributed by atoms with Gasteiger partial charge in [-0.3, -0.25) is 19.1 Å². The molecule has 2 aromatic rings. The number of nitrogens with zero attached hydrogens (tertiary/aromatic N) is 3. The number of carboxylic acids is 1. The number of H-pyrrole nitrogens is 1. The lowest BCUT2D eigenvalue weighted by Gasteiger charge is -2.22. The van der Waals surface area contributed by atoms with Crippen molar-refractivity contribution in [3.05, 3.63) is 38.2 Å². The van der Waals surface area contributed by atoms with Gasteiger partial charge in [0, 0.05) is 24.7 Å². The normalized spacial score (nSPS) is 19.3. The van der Waals surface area contributed by atoms with Gasteiger partial charge < -0.3 is 10.0 Å². The summed E-state index contributed by atoms with van der Waals surface area (Å²) in [6.45, 7) is 2.59. The zero-order valence-electron chi connectivity index (χ0n) is 15.6. The van der Waals surface area contributed by atoms with Gasteiger partial charge in [0.15, 0.2) is 5.65 Å². The van der Waals surface area contributed by atoms with Crippen LogP contribution in [-0.2, 0) is 11.3 Å². The third-order valence-electron chi connectivity index (χ3n) is 5.44. The molecule has 2 aromatic heterocycles. The Morgan fingerprint density at radius 3 is 2.68 bits per heavy atom. The molecule has 0 bridgehead atoms. The minimum atomic E-state index is -1.05. The molecule has 1 saturated heterocycles. The molecule has 2 N–H and O–H groups in total. The summed E-state index contributed by atoms with van der Waals surface area (Å²) in [4.78, 5) is 57.9. The lowest BCUT2D eigenvalue weighted by atomic mass is 10.1. The van der Waals surface area contributed by atoms with E-state index < -0.39 is 29.2 Å². The van der Waals surface area contributed by atoms with Gasteiger partial charge in [0.1, 0.15) is 6.04 Å². The smallest absolute Gasteiger partial charge is 0.329 e. The Morgan fingerprint density at radius 2 is 2.04 bits per heavy atom. The average Bonchev–Trinajstić information content (AvgIpc) is 3.39. The van der Waals surface area contributed by atoms with Crippen LogP contribution in [0.1, 0.15) is 61.0 Å². The second-order valence-corrected chi connectivity index (χ2v) is 7.47. The highest BCUT2D eigenvalue weighted by atomic mass is 16.4. The highest BCUT2D eigenvalue weighted by molar-refractivity contribution is 6.06. The van der Waals surface area contributed by atoms with Crippen LogP contribution in [0.15, 0.2) is 15.7 Å². The summed E-state index contributed by atoms with van der Waals surface area (Å²) in [5, 5.41) is 9.49. The summed E-state index contributed by atoms with van der Waals surface area (Å²) < 4.78 is 1.39. The Kier molecular flexibility index (Phi) is 4.52. The standard InChI is InChI=1S/C19H22N4O5/c1-2-7-23-15-14(16(24)21-19(23)28)11(9-12(20-15)10-5-6-10)17(25)22-8-3-4-13(22)18(26)27/h9-10,13H,2-8H2,1H3,(H,26,27)(H,21,24,28)/t13-/m1/s1. The largest absolute Gasteiger partial charge is 0.480 e. The monoisotopic (exact) mass is 386 g/mol. The average molecular weight is 386 g/mol. The van der Waals surface area contributed by atoms with Crippen LogP contribution >= 0.6 is 0 Å². The quantitative estimate of drug-likeness (QED) is 0.791. The van der Waals surface area contributed by atoms with Crippen LogP contribution in [0.5, 0.6) is 0 Å². The van der Waals surface area contributed by atoms with E-state index in [0.29, 0.717) is 38.0 Å². The van der Waals surface area contributed by atoms with E-state index in [1.54, 1.807) is 6.07 Å². The number of hydrogen-bond donors (Lipinski definition) is 2. The number of aromatic nitrogens is 3. The van der Waals surface area contributed by atoms with E-state index >= 15 is 0 Å². The molecule has 2 fully saturated rings. The van der Waals surface area contributed by atoms with Crippen molar-refractivity contribution in [2.24, 2.45) is 0 Å². The van der Waals surface area contributed by atoms with Crippen LogP contribution in [0.4, 0.5) is 0 Å². The van der Waals surface area contributed by atoms with Crippen molar-refractivity contribution in [2.45, 2.75) is 57.5 Å². The van der Waals surface area contributed by atoms with Gasteiger partial charge in [0.05, 0.1) is 10.9 Å². The van der Waals surface area contributed by atoms with Gasteiger partial charge >= 0.3 is 11.7 Å². The first-order valence-corrected chi connectivity index (χ1v) is 9.64. The fourth-order valence-electron chi connectivity index (χ4n) is 3.90. The van der Waals surface area contributed by atoms with Crippen LogP contribution in [0.2, 0.25) is 0 Å². The molecule has 1 aliphatic heterocycles. The molecule has 0 spiro atoms. The van der Waals surface area contributed by atoms with Crippen molar-refractivity contribution in [2.75, 3.05) is 6.54 Å². The second-order valence-electron chi connectivity index (χ2n) is 7.47. The first-order chi connectivity index (χ1) is 13.4. The molecule has 4 rings (SSSR count). The number of hydrogen-bond acceptors (Lipinski definition) is 5. The van der Waals surface area contributed by atoms with Crippen molar-refractivity contribution < 1.29 is 14.7 Å². The molecule has 148 valence electrons. The number of carbonyl (C=O) groups is 2. The molecule has 3 heterocycles. The van der Waals surface area contributed by atoms with E-state index in [-0.39, 0.29) is 22.5 Å². The molecule has 1 atom stereocenters. The van der Waals surface area contributed by atoms with Gasteiger partial charge in [-0.2, -0.15) is 0 Å². The number of rotatable bonds is 5. The summed E-state index contributed by atoms with van der Waals surface area (Å²) in [5.74, 6) is -1.34. The first kappa shape index (κ1) is 18.4. The lowest BCUT2D eigenvalue weighted by Crippen LogP contribution is -2.41.